The van der Waals surface area contributed by atoms with Crippen LogP contribution in [0.5, 0.6) is 0 Å². The van der Waals surface area contributed by atoms with E-state index in [2.05, 4.69) is 31.2 Å². The van der Waals surface area contributed by atoms with Crippen LogP contribution in [0.1, 0.15) is 36.8 Å². The molecule has 5 nitrogen and oxygen atoms in total. The lowest BCUT2D eigenvalue weighted by Gasteiger charge is -2.28. The maximum atomic E-state index is 13.0. The highest BCUT2D eigenvalue weighted by atomic mass is 16.5. The SMILES string of the molecule is Cc1ccc(CCN(CC2CCCO2)C(=O)[C@@H]2CC[C@H](CN)O2)cc1. The molecule has 2 saturated heterocycles. The molecular weight excluding hydrogens is 316 g/mol. The molecule has 0 radical (unpaired) electrons. The minimum atomic E-state index is -0.340. The molecule has 5 heteroatoms. The van der Waals surface area contributed by atoms with Crippen LogP contribution in [-0.4, -0.2) is 55.4 Å². The highest BCUT2D eigenvalue weighted by Crippen LogP contribution is 2.22. The normalized spacial score (nSPS) is 26.1. The van der Waals surface area contributed by atoms with E-state index in [1.165, 1.54) is 11.1 Å². The Morgan fingerprint density at radius 1 is 1.20 bits per heavy atom. The zero-order valence-electron chi connectivity index (χ0n) is 15.2. The van der Waals surface area contributed by atoms with Gasteiger partial charge in [-0.05, 0) is 44.6 Å². The Morgan fingerprint density at radius 3 is 2.64 bits per heavy atom. The maximum Gasteiger partial charge on any atom is 0.251 e. The minimum absolute atomic E-state index is 0.0237. The molecule has 2 aliphatic rings. The van der Waals surface area contributed by atoms with Gasteiger partial charge in [-0.3, -0.25) is 4.79 Å². The molecule has 2 aliphatic heterocycles. The Labute approximate surface area is 150 Å². The number of nitrogens with zero attached hydrogens (tertiary/aromatic N) is 1. The summed E-state index contributed by atoms with van der Waals surface area (Å²) in [7, 11) is 0. The smallest absolute Gasteiger partial charge is 0.251 e. The minimum Gasteiger partial charge on any atom is -0.376 e. The molecule has 0 bridgehead atoms. The highest BCUT2D eigenvalue weighted by molar-refractivity contribution is 5.81. The van der Waals surface area contributed by atoms with E-state index in [9.17, 15) is 4.79 Å². The average Bonchev–Trinajstić information content (AvgIpc) is 3.31. The van der Waals surface area contributed by atoms with Gasteiger partial charge in [0.05, 0.1) is 12.2 Å². The first kappa shape index (κ1) is 18.4. The fourth-order valence-corrected chi connectivity index (χ4v) is 3.61. The second-order valence-corrected chi connectivity index (χ2v) is 7.21. The van der Waals surface area contributed by atoms with Gasteiger partial charge in [0.15, 0.2) is 0 Å². The zero-order valence-corrected chi connectivity index (χ0v) is 15.2. The third-order valence-electron chi connectivity index (χ3n) is 5.20. The van der Waals surface area contributed by atoms with E-state index in [1.807, 2.05) is 4.90 Å². The zero-order chi connectivity index (χ0) is 17.6. The number of carbonyl (C=O) groups excluding carboxylic acids is 1. The number of amides is 1. The van der Waals surface area contributed by atoms with E-state index in [0.29, 0.717) is 19.6 Å². The lowest BCUT2D eigenvalue weighted by Crippen LogP contribution is -2.44. The topological polar surface area (TPSA) is 64.8 Å². The van der Waals surface area contributed by atoms with Crippen molar-refractivity contribution in [1.29, 1.82) is 0 Å². The Morgan fingerprint density at radius 2 is 2.00 bits per heavy atom. The van der Waals surface area contributed by atoms with Gasteiger partial charge in [-0.2, -0.15) is 0 Å². The number of hydrogen-bond acceptors (Lipinski definition) is 4. The highest BCUT2D eigenvalue weighted by Gasteiger charge is 2.34. The molecule has 2 N–H and O–H groups in total. The summed E-state index contributed by atoms with van der Waals surface area (Å²) < 4.78 is 11.6. The van der Waals surface area contributed by atoms with E-state index in [0.717, 1.165) is 38.7 Å². The molecule has 138 valence electrons. The van der Waals surface area contributed by atoms with E-state index >= 15 is 0 Å². The molecule has 3 atom stereocenters. The van der Waals surface area contributed by atoms with Crippen LogP contribution in [0.2, 0.25) is 0 Å². The van der Waals surface area contributed by atoms with Crippen LogP contribution in [-0.2, 0) is 20.7 Å². The van der Waals surface area contributed by atoms with E-state index in [1.54, 1.807) is 0 Å². The summed E-state index contributed by atoms with van der Waals surface area (Å²) >= 11 is 0. The van der Waals surface area contributed by atoms with Crippen molar-refractivity contribution in [3.05, 3.63) is 35.4 Å². The molecule has 0 saturated carbocycles. The predicted molar refractivity (Wildman–Crippen MR) is 97.4 cm³/mol. The van der Waals surface area contributed by atoms with Gasteiger partial charge in [0.1, 0.15) is 6.10 Å². The van der Waals surface area contributed by atoms with E-state index < -0.39 is 0 Å². The lowest BCUT2D eigenvalue weighted by molar-refractivity contribution is -0.144. The molecule has 1 aromatic rings. The summed E-state index contributed by atoms with van der Waals surface area (Å²) in [6.45, 7) is 4.74. The Kier molecular flexibility index (Phi) is 6.45. The first-order valence-corrected chi connectivity index (χ1v) is 9.47. The summed E-state index contributed by atoms with van der Waals surface area (Å²) in [5.74, 6) is 0.0959. The third kappa shape index (κ3) is 5.03. The van der Waals surface area contributed by atoms with Crippen molar-refractivity contribution in [3.63, 3.8) is 0 Å². The van der Waals surface area contributed by atoms with Crippen LogP contribution in [0.3, 0.4) is 0 Å². The van der Waals surface area contributed by atoms with Crippen LogP contribution in [0.4, 0.5) is 0 Å². The van der Waals surface area contributed by atoms with Gasteiger partial charge < -0.3 is 20.1 Å². The van der Waals surface area contributed by atoms with Crippen LogP contribution in [0.15, 0.2) is 24.3 Å². The fourth-order valence-electron chi connectivity index (χ4n) is 3.61. The molecule has 0 aromatic heterocycles. The number of hydrogen-bond donors (Lipinski definition) is 1. The second kappa shape index (κ2) is 8.79. The van der Waals surface area contributed by atoms with Crippen molar-refractivity contribution in [2.75, 3.05) is 26.2 Å². The van der Waals surface area contributed by atoms with Gasteiger partial charge in [-0.25, -0.2) is 0 Å². The van der Waals surface area contributed by atoms with Gasteiger partial charge in [-0.15, -0.1) is 0 Å². The maximum absolute atomic E-state index is 13.0. The summed E-state index contributed by atoms with van der Waals surface area (Å²) in [5.41, 5.74) is 8.19. The monoisotopic (exact) mass is 346 g/mol. The number of ether oxygens (including phenoxy) is 2. The average molecular weight is 346 g/mol. The van der Waals surface area contributed by atoms with Gasteiger partial charge in [0, 0.05) is 26.2 Å². The fraction of sp³-hybridized carbons (Fsp3) is 0.650. The number of nitrogens with two attached hydrogens (primary N) is 1. The van der Waals surface area contributed by atoms with Crippen molar-refractivity contribution in [2.24, 2.45) is 5.73 Å². The number of benzene rings is 1. The Balaban J connectivity index is 1.61. The first-order valence-electron chi connectivity index (χ1n) is 9.47. The molecule has 25 heavy (non-hydrogen) atoms. The van der Waals surface area contributed by atoms with Crippen LogP contribution < -0.4 is 5.73 Å². The van der Waals surface area contributed by atoms with Crippen molar-refractivity contribution in [1.82, 2.24) is 4.90 Å². The van der Waals surface area contributed by atoms with Crippen molar-refractivity contribution in [2.45, 2.75) is 57.3 Å². The van der Waals surface area contributed by atoms with Crippen molar-refractivity contribution >= 4 is 5.91 Å². The van der Waals surface area contributed by atoms with Crippen LogP contribution in [0.25, 0.3) is 0 Å². The largest absolute Gasteiger partial charge is 0.376 e. The Bertz CT molecular complexity index is 555. The molecule has 0 spiro atoms. The molecule has 1 amide bonds. The summed E-state index contributed by atoms with van der Waals surface area (Å²) in [6.07, 6.45) is 4.46. The van der Waals surface area contributed by atoms with Crippen LogP contribution in [0, 0.1) is 6.92 Å². The van der Waals surface area contributed by atoms with Gasteiger partial charge >= 0.3 is 0 Å². The Hall–Kier alpha value is -1.43. The molecule has 2 fully saturated rings. The second-order valence-electron chi connectivity index (χ2n) is 7.21. The number of rotatable bonds is 7. The third-order valence-corrected chi connectivity index (χ3v) is 5.20. The predicted octanol–water partition coefficient (Wildman–Crippen LogP) is 2.05. The molecule has 1 unspecified atom stereocenters. The quantitative estimate of drug-likeness (QED) is 0.821. The van der Waals surface area contributed by atoms with Crippen LogP contribution >= 0.6 is 0 Å². The molecule has 3 rings (SSSR count). The van der Waals surface area contributed by atoms with Gasteiger partial charge in [-0.1, -0.05) is 29.8 Å². The van der Waals surface area contributed by atoms with Crippen molar-refractivity contribution < 1.29 is 14.3 Å². The van der Waals surface area contributed by atoms with Crippen molar-refractivity contribution in [3.8, 4) is 0 Å². The van der Waals surface area contributed by atoms with E-state index in [4.69, 9.17) is 15.2 Å². The number of aryl methyl sites for hydroxylation is 1. The summed E-state index contributed by atoms with van der Waals surface area (Å²) in [4.78, 5) is 14.9. The molecular formula is C20H30N2O3. The lowest BCUT2D eigenvalue weighted by atomic mass is 10.1. The first-order chi connectivity index (χ1) is 12.2. The standard InChI is InChI=1S/C20H30N2O3/c1-15-4-6-16(7-5-15)10-11-22(14-18-3-2-12-24-18)20(23)19-9-8-17(13-21)25-19/h4-7,17-19H,2-3,8-14,21H2,1H3/t17-,18?,19+/m1/s1. The van der Waals surface area contributed by atoms with E-state index in [-0.39, 0.29) is 24.2 Å². The molecule has 2 heterocycles. The number of carbonyl (C=O) groups is 1. The van der Waals surface area contributed by atoms with Gasteiger partial charge in [0.2, 0.25) is 0 Å². The van der Waals surface area contributed by atoms with Gasteiger partial charge in [0.25, 0.3) is 5.91 Å². The molecule has 0 aliphatic carbocycles. The molecule has 1 aromatic carbocycles. The summed E-state index contributed by atoms with van der Waals surface area (Å²) in [6, 6.07) is 8.52. The summed E-state index contributed by atoms with van der Waals surface area (Å²) in [5, 5.41) is 0.